The Bertz CT molecular complexity index is 585. The molecule has 0 unspecified atom stereocenters. The van der Waals surface area contributed by atoms with Crippen LogP contribution in [0.5, 0.6) is 0 Å². The summed E-state index contributed by atoms with van der Waals surface area (Å²) in [6, 6.07) is 8.23. The lowest BCUT2D eigenvalue weighted by atomic mass is 9.95. The second kappa shape index (κ2) is 4.96. The predicted molar refractivity (Wildman–Crippen MR) is 76.9 cm³/mol. The van der Waals surface area contributed by atoms with Crippen LogP contribution in [0.3, 0.4) is 0 Å². The maximum atomic E-state index is 5.79. The van der Waals surface area contributed by atoms with Crippen molar-refractivity contribution >= 4 is 5.95 Å². The minimum absolute atomic E-state index is 0.127. The fraction of sp³-hybridized carbons (Fsp3) is 0.400. The molecule has 2 rings (SSSR count). The summed E-state index contributed by atoms with van der Waals surface area (Å²) in [4.78, 5) is 13.0. The summed E-state index contributed by atoms with van der Waals surface area (Å²) in [5.74, 6) is 1.76. The highest BCUT2D eigenvalue weighted by molar-refractivity contribution is 5.29. The molecule has 0 saturated carbocycles. The van der Waals surface area contributed by atoms with Gasteiger partial charge in [0, 0.05) is 11.8 Å². The zero-order chi connectivity index (χ0) is 14.0. The number of rotatable bonds is 2. The topological polar surface area (TPSA) is 64.7 Å². The third kappa shape index (κ3) is 3.28. The quantitative estimate of drug-likeness (QED) is 0.897. The molecule has 0 amide bonds. The molecule has 1 aromatic heterocycles. The molecule has 0 radical (unpaired) electrons. The molecule has 0 aliphatic rings. The summed E-state index contributed by atoms with van der Waals surface area (Å²) in [6.45, 7) is 8.29. The maximum absolute atomic E-state index is 5.79. The molecule has 1 aromatic carbocycles. The van der Waals surface area contributed by atoms with Gasteiger partial charge in [0.2, 0.25) is 5.95 Å². The van der Waals surface area contributed by atoms with Crippen molar-refractivity contribution in [2.45, 2.75) is 39.5 Å². The zero-order valence-electron chi connectivity index (χ0n) is 11.9. The van der Waals surface area contributed by atoms with Gasteiger partial charge in [-0.15, -0.1) is 0 Å². The SMILES string of the molecule is Cc1ccccc1Cc1nc(N)nc(C(C)(C)C)n1. The fourth-order valence-electron chi connectivity index (χ4n) is 1.83. The van der Waals surface area contributed by atoms with Crippen LogP contribution >= 0.6 is 0 Å². The minimum atomic E-state index is -0.127. The summed E-state index contributed by atoms with van der Waals surface area (Å²) in [5.41, 5.74) is 8.11. The summed E-state index contributed by atoms with van der Waals surface area (Å²) in [6.07, 6.45) is 0.683. The Morgan fingerprint density at radius 1 is 1.05 bits per heavy atom. The standard InChI is InChI=1S/C15H20N4/c1-10-7-5-6-8-11(10)9-12-17-13(15(2,3)4)19-14(16)18-12/h5-8H,9H2,1-4H3,(H2,16,17,18,19). The van der Waals surface area contributed by atoms with E-state index in [-0.39, 0.29) is 5.41 Å². The van der Waals surface area contributed by atoms with E-state index in [1.165, 1.54) is 11.1 Å². The highest BCUT2D eigenvalue weighted by Crippen LogP contribution is 2.19. The first-order chi connectivity index (χ1) is 8.86. The second-order valence-corrected chi connectivity index (χ2v) is 5.79. The van der Waals surface area contributed by atoms with E-state index in [0.29, 0.717) is 12.4 Å². The van der Waals surface area contributed by atoms with Gasteiger partial charge in [0.15, 0.2) is 0 Å². The van der Waals surface area contributed by atoms with Crippen LogP contribution in [0.25, 0.3) is 0 Å². The van der Waals surface area contributed by atoms with Crippen LogP contribution in [0.2, 0.25) is 0 Å². The molecule has 0 bridgehead atoms. The largest absolute Gasteiger partial charge is 0.368 e. The molecule has 2 aromatic rings. The molecule has 100 valence electrons. The number of nitrogens with zero attached hydrogens (tertiary/aromatic N) is 3. The molecule has 0 fully saturated rings. The number of hydrogen-bond donors (Lipinski definition) is 1. The maximum Gasteiger partial charge on any atom is 0.223 e. The lowest BCUT2D eigenvalue weighted by molar-refractivity contribution is 0.538. The average Bonchev–Trinajstić information content (AvgIpc) is 2.30. The Kier molecular flexibility index (Phi) is 3.51. The number of hydrogen-bond acceptors (Lipinski definition) is 4. The van der Waals surface area contributed by atoms with Crippen LogP contribution in [0.15, 0.2) is 24.3 Å². The summed E-state index contributed by atoms with van der Waals surface area (Å²) >= 11 is 0. The van der Waals surface area contributed by atoms with Crippen LogP contribution in [-0.4, -0.2) is 15.0 Å². The molecule has 0 spiro atoms. The van der Waals surface area contributed by atoms with Gasteiger partial charge in [-0.05, 0) is 18.1 Å². The molecule has 4 nitrogen and oxygen atoms in total. The predicted octanol–water partition coefficient (Wildman–Crippen LogP) is 2.65. The van der Waals surface area contributed by atoms with E-state index in [0.717, 1.165) is 11.6 Å². The minimum Gasteiger partial charge on any atom is -0.368 e. The van der Waals surface area contributed by atoms with E-state index in [1.54, 1.807) is 0 Å². The molecular weight excluding hydrogens is 236 g/mol. The van der Waals surface area contributed by atoms with Crippen molar-refractivity contribution in [2.24, 2.45) is 0 Å². The highest BCUT2D eigenvalue weighted by atomic mass is 15.1. The van der Waals surface area contributed by atoms with E-state index in [4.69, 9.17) is 5.73 Å². The Morgan fingerprint density at radius 2 is 1.74 bits per heavy atom. The van der Waals surface area contributed by atoms with Crippen molar-refractivity contribution in [3.05, 3.63) is 47.0 Å². The molecular formula is C15H20N4. The van der Waals surface area contributed by atoms with Crippen molar-refractivity contribution in [1.29, 1.82) is 0 Å². The second-order valence-electron chi connectivity index (χ2n) is 5.79. The molecule has 4 heteroatoms. The molecule has 2 N–H and O–H groups in total. The Labute approximate surface area is 114 Å². The Hall–Kier alpha value is -1.97. The first kappa shape index (κ1) is 13.5. The molecule has 1 heterocycles. The first-order valence-electron chi connectivity index (χ1n) is 6.41. The monoisotopic (exact) mass is 256 g/mol. The van der Waals surface area contributed by atoms with E-state index in [1.807, 2.05) is 12.1 Å². The molecule has 0 aliphatic carbocycles. The van der Waals surface area contributed by atoms with Gasteiger partial charge in [-0.3, -0.25) is 0 Å². The third-order valence-corrected chi connectivity index (χ3v) is 2.98. The Morgan fingerprint density at radius 3 is 2.37 bits per heavy atom. The van der Waals surface area contributed by atoms with Gasteiger partial charge in [0.1, 0.15) is 11.6 Å². The van der Waals surface area contributed by atoms with E-state index in [9.17, 15) is 0 Å². The van der Waals surface area contributed by atoms with Gasteiger partial charge in [-0.2, -0.15) is 9.97 Å². The van der Waals surface area contributed by atoms with Crippen LogP contribution in [0.1, 0.15) is 43.5 Å². The van der Waals surface area contributed by atoms with E-state index < -0.39 is 0 Å². The van der Waals surface area contributed by atoms with Gasteiger partial charge in [0.25, 0.3) is 0 Å². The van der Waals surface area contributed by atoms with E-state index in [2.05, 4.69) is 54.8 Å². The van der Waals surface area contributed by atoms with Crippen molar-refractivity contribution in [3.63, 3.8) is 0 Å². The fourth-order valence-corrected chi connectivity index (χ4v) is 1.83. The number of nitrogen functional groups attached to an aromatic ring is 1. The smallest absolute Gasteiger partial charge is 0.223 e. The average molecular weight is 256 g/mol. The Balaban J connectivity index is 2.36. The van der Waals surface area contributed by atoms with Crippen molar-refractivity contribution in [2.75, 3.05) is 5.73 Å². The number of nitrogens with two attached hydrogens (primary N) is 1. The van der Waals surface area contributed by atoms with Crippen LogP contribution in [0, 0.1) is 6.92 Å². The van der Waals surface area contributed by atoms with Gasteiger partial charge in [-0.1, -0.05) is 45.0 Å². The summed E-state index contributed by atoms with van der Waals surface area (Å²) in [5, 5.41) is 0. The summed E-state index contributed by atoms with van der Waals surface area (Å²) < 4.78 is 0. The molecule has 0 aliphatic heterocycles. The number of benzene rings is 1. The first-order valence-corrected chi connectivity index (χ1v) is 6.41. The van der Waals surface area contributed by atoms with Crippen molar-refractivity contribution in [3.8, 4) is 0 Å². The lowest BCUT2D eigenvalue weighted by Crippen LogP contribution is -2.19. The third-order valence-electron chi connectivity index (χ3n) is 2.98. The normalized spacial score (nSPS) is 11.6. The zero-order valence-corrected chi connectivity index (χ0v) is 11.9. The number of aromatic nitrogens is 3. The van der Waals surface area contributed by atoms with Gasteiger partial charge >= 0.3 is 0 Å². The number of aryl methyl sites for hydroxylation is 1. The van der Waals surface area contributed by atoms with Gasteiger partial charge in [0.05, 0.1) is 0 Å². The summed E-state index contributed by atoms with van der Waals surface area (Å²) in [7, 11) is 0. The van der Waals surface area contributed by atoms with Crippen molar-refractivity contribution < 1.29 is 0 Å². The number of anilines is 1. The molecule has 19 heavy (non-hydrogen) atoms. The molecule has 0 atom stereocenters. The molecule has 0 saturated heterocycles. The van der Waals surface area contributed by atoms with Crippen molar-refractivity contribution in [1.82, 2.24) is 15.0 Å². The highest BCUT2D eigenvalue weighted by Gasteiger charge is 2.19. The van der Waals surface area contributed by atoms with Crippen LogP contribution < -0.4 is 5.73 Å². The lowest BCUT2D eigenvalue weighted by Gasteiger charge is -2.17. The van der Waals surface area contributed by atoms with Crippen LogP contribution in [-0.2, 0) is 11.8 Å². The van der Waals surface area contributed by atoms with Gasteiger partial charge in [-0.25, -0.2) is 4.98 Å². The van der Waals surface area contributed by atoms with Gasteiger partial charge < -0.3 is 5.73 Å². The van der Waals surface area contributed by atoms with Crippen LogP contribution in [0.4, 0.5) is 5.95 Å². The van der Waals surface area contributed by atoms with E-state index >= 15 is 0 Å².